The molecule has 0 fully saturated rings. The summed E-state index contributed by atoms with van der Waals surface area (Å²) in [5, 5.41) is 0. The first-order chi connectivity index (χ1) is 10.0. The van der Waals surface area contributed by atoms with Crippen LogP contribution >= 0.6 is 35.9 Å². The summed E-state index contributed by atoms with van der Waals surface area (Å²) in [5.74, 6) is 1.72. The summed E-state index contributed by atoms with van der Waals surface area (Å²) in [5.41, 5.74) is 6.97. The second-order valence-electron chi connectivity index (χ2n) is 4.77. The Labute approximate surface area is 147 Å². The fourth-order valence-electron chi connectivity index (χ4n) is 1.98. The first-order valence-corrected chi connectivity index (χ1v) is 9.35. The standard InChI is InChI=1S/C15H24N2O2S2.ClH/c1-17(15(18)12(16)7-8-20-3)10-11-5-6-14(21-4)13(9-11)19-2;/h5-6,9,12H,7-8,10,16H2,1-4H3;1H/t12-;/m0./s1. The highest BCUT2D eigenvalue weighted by Gasteiger charge is 2.18. The highest BCUT2D eigenvalue weighted by Crippen LogP contribution is 2.28. The van der Waals surface area contributed by atoms with Gasteiger partial charge in [0.15, 0.2) is 0 Å². The molecule has 0 aliphatic carbocycles. The van der Waals surface area contributed by atoms with Gasteiger partial charge in [-0.1, -0.05) is 6.07 Å². The summed E-state index contributed by atoms with van der Waals surface area (Å²) in [6, 6.07) is 5.59. The number of nitrogens with zero attached hydrogens (tertiary/aromatic N) is 1. The number of carbonyl (C=O) groups excluding carboxylic acids is 1. The van der Waals surface area contributed by atoms with E-state index in [1.165, 1.54) is 0 Å². The van der Waals surface area contributed by atoms with E-state index < -0.39 is 6.04 Å². The minimum Gasteiger partial charge on any atom is -0.496 e. The zero-order valence-corrected chi connectivity index (χ0v) is 15.9. The molecule has 4 nitrogen and oxygen atoms in total. The Morgan fingerprint density at radius 1 is 1.41 bits per heavy atom. The summed E-state index contributed by atoms with van der Waals surface area (Å²) in [7, 11) is 3.45. The molecule has 1 aromatic rings. The van der Waals surface area contributed by atoms with E-state index in [9.17, 15) is 4.79 Å². The van der Waals surface area contributed by atoms with Gasteiger partial charge in [0.2, 0.25) is 5.91 Å². The van der Waals surface area contributed by atoms with Crippen molar-refractivity contribution in [3.63, 3.8) is 0 Å². The van der Waals surface area contributed by atoms with Crippen LogP contribution in [0.1, 0.15) is 12.0 Å². The maximum absolute atomic E-state index is 12.2. The summed E-state index contributed by atoms with van der Waals surface area (Å²) in [6.07, 6.45) is 4.73. The van der Waals surface area contributed by atoms with Gasteiger partial charge in [-0.3, -0.25) is 4.79 Å². The number of carbonyl (C=O) groups is 1. The number of ether oxygens (including phenoxy) is 1. The molecule has 0 saturated heterocycles. The first-order valence-electron chi connectivity index (χ1n) is 6.73. The molecule has 1 amide bonds. The number of hydrogen-bond acceptors (Lipinski definition) is 5. The second kappa shape index (κ2) is 11.0. The van der Waals surface area contributed by atoms with Gasteiger partial charge < -0.3 is 15.4 Å². The topological polar surface area (TPSA) is 55.6 Å². The third kappa shape index (κ3) is 6.28. The average molecular weight is 365 g/mol. The van der Waals surface area contributed by atoms with Crippen LogP contribution in [0.15, 0.2) is 23.1 Å². The van der Waals surface area contributed by atoms with E-state index in [0.717, 1.165) is 22.0 Å². The van der Waals surface area contributed by atoms with Crippen LogP contribution in [-0.2, 0) is 11.3 Å². The number of amides is 1. The maximum Gasteiger partial charge on any atom is 0.239 e. The average Bonchev–Trinajstić information content (AvgIpc) is 2.51. The largest absolute Gasteiger partial charge is 0.496 e. The summed E-state index contributed by atoms with van der Waals surface area (Å²) in [6.45, 7) is 0.539. The van der Waals surface area contributed by atoms with Gasteiger partial charge in [0.25, 0.3) is 0 Å². The molecule has 22 heavy (non-hydrogen) atoms. The zero-order chi connectivity index (χ0) is 15.8. The fraction of sp³-hybridized carbons (Fsp3) is 0.533. The molecule has 0 aromatic heterocycles. The number of nitrogens with two attached hydrogens (primary N) is 1. The van der Waals surface area contributed by atoms with Crippen molar-refractivity contribution < 1.29 is 9.53 Å². The van der Waals surface area contributed by atoms with Crippen LogP contribution in [-0.4, -0.2) is 49.3 Å². The number of hydrogen-bond donors (Lipinski definition) is 1. The molecule has 1 atom stereocenters. The van der Waals surface area contributed by atoms with Crippen LogP contribution in [0.3, 0.4) is 0 Å². The van der Waals surface area contributed by atoms with Crippen LogP contribution in [0, 0.1) is 0 Å². The molecule has 7 heteroatoms. The number of thioether (sulfide) groups is 2. The molecule has 1 rings (SSSR count). The Kier molecular flexibility index (Phi) is 10.8. The fourth-order valence-corrected chi connectivity index (χ4v) is 3.02. The Bertz CT molecular complexity index is 475. The third-order valence-corrected chi connectivity index (χ3v) is 4.62. The van der Waals surface area contributed by atoms with E-state index in [-0.39, 0.29) is 18.3 Å². The Hall–Kier alpha value is -0.560. The van der Waals surface area contributed by atoms with Crippen LogP contribution in [0.25, 0.3) is 0 Å². The number of halogens is 1. The SMILES string of the molecule is COc1cc(CN(C)C(=O)[C@@H](N)CCSC)ccc1SC.Cl. The Morgan fingerprint density at radius 3 is 2.64 bits per heavy atom. The lowest BCUT2D eigenvalue weighted by Gasteiger charge is -2.21. The van der Waals surface area contributed by atoms with E-state index in [4.69, 9.17) is 10.5 Å². The lowest BCUT2D eigenvalue weighted by atomic mass is 10.1. The van der Waals surface area contributed by atoms with Crippen molar-refractivity contribution in [2.24, 2.45) is 5.73 Å². The molecule has 0 spiro atoms. The quantitative estimate of drug-likeness (QED) is 0.719. The molecule has 0 radical (unpaired) electrons. The summed E-state index contributed by atoms with van der Waals surface area (Å²) >= 11 is 3.34. The molecule has 2 N–H and O–H groups in total. The normalized spacial score (nSPS) is 11.5. The van der Waals surface area contributed by atoms with Gasteiger partial charge in [0.05, 0.1) is 13.2 Å². The minimum absolute atomic E-state index is 0. The molecule has 0 heterocycles. The molecule has 0 bridgehead atoms. The molecule has 0 unspecified atom stereocenters. The number of benzene rings is 1. The van der Waals surface area contributed by atoms with Crippen LogP contribution in [0.4, 0.5) is 0 Å². The van der Waals surface area contributed by atoms with Crippen LogP contribution < -0.4 is 10.5 Å². The van der Waals surface area contributed by atoms with Crippen LogP contribution in [0.5, 0.6) is 5.75 Å². The maximum atomic E-state index is 12.2. The van der Waals surface area contributed by atoms with Crippen molar-refractivity contribution in [3.05, 3.63) is 23.8 Å². The lowest BCUT2D eigenvalue weighted by Crippen LogP contribution is -2.41. The number of rotatable bonds is 8. The van der Waals surface area contributed by atoms with Crippen molar-refractivity contribution in [3.8, 4) is 5.75 Å². The van der Waals surface area contributed by atoms with Crippen molar-refractivity contribution >= 4 is 41.8 Å². The van der Waals surface area contributed by atoms with Gasteiger partial charge in [-0.25, -0.2) is 0 Å². The van der Waals surface area contributed by atoms with Crippen molar-refractivity contribution in [2.75, 3.05) is 32.4 Å². The van der Waals surface area contributed by atoms with Crippen molar-refractivity contribution in [2.45, 2.75) is 23.9 Å². The summed E-state index contributed by atoms with van der Waals surface area (Å²) < 4.78 is 5.37. The van der Waals surface area contributed by atoms with Gasteiger partial charge in [0, 0.05) is 18.5 Å². The molecule has 1 aromatic carbocycles. The van der Waals surface area contributed by atoms with E-state index >= 15 is 0 Å². The van der Waals surface area contributed by atoms with E-state index in [1.54, 1.807) is 42.6 Å². The highest BCUT2D eigenvalue weighted by molar-refractivity contribution is 7.98. The lowest BCUT2D eigenvalue weighted by molar-refractivity contribution is -0.131. The molecular weight excluding hydrogens is 340 g/mol. The van der Waals surface area contributed by atoms with Gasteiger partial charge in [-0.15, -0.1) is 24.2 Å². The molecular formula is C15H25ClN2O2S2. The molecule has 0 saturated carbocycles. The minimum atomic E-state index is -0.421. The second-order valence-corrected chi connectivity index (χ2v) is 6.61. The monoisotopic (exact) mass is 364 g/mol. The number of likely N-dealkylation sites (N-methyl/N-ethyl adjacent to an activating group) is 1. The van der Waals surface area contributed by atoms with Gasteiger partial charge >= 0.3 is 0 Å². The predicted molar refractivity (Wildman–Crippen MR) is 99.5 cm³/mol. The van der Waals surface area contributed by atoms with E-state index in [1.807, 2.05) is 30.7 Å². The van der Waals surface area contributed by atoms with Gasteiger partial charge in [-0.2, -0.15) is 11.8 Å². The third-order valence-electron chi connectivity index (χ3n) is 3.19. The molecule has 0 aliphatic rings. The molecule has 126 valence electrons. The number of methoxy groups -OCH3 is 1. The van der Waals surface area contributed by atoms with Crippen molar-refractivity contribution in [1.82, 2.24) is 4.90 Å². The van der Waals surface area contributed by atoms with Gasteiger partial charge in [-0.05, 0) is 42.4 Å². The Balaban J connectivity index is 0.00000441. The first kappa shape index (κ1) is 21.4. The smallest absolute Gasteiger partial charge is 0.239 e. The summed E-state index contributed by atoms with van der Waals surface area (Å²) in [4.78, 5) is 15.0. The van der Waals surface area contributed by atoms with Crippen molar-refractivity contribution in [1.29, 1.82) is 0 Å². The molecule has 0 aliphatic heterocycles. The predicted octanol–water partition coefficient (Wildman–Crippen LogP) is 2.88. The van der Waals surface area contributed by atoms with Gasteiger partial charge in [0.1, 0.15) is 5.75 Å². The highest BCUT2D eigenvalue weighted by atomic mass is 35.5. The zero-order valence-electron chi connectivity index (χ0n) is 13.5. The Morgan fingerprint density at radius 2 is 2.09 bits per heavy atom. The van der Waals surface area contributed by atoms with E-state index in [2.05, 4.69) is 0 Å². The van der Waals surface area contributed by atoms with Crippen LogP contribution in [0.2, 0.25) is 0 Å². The van der Waals surface area contributed by atoms with E-state index in [0.29, 0.717) is 13.0 Å².